The largest absolute Gasteiger partial charge is 0.493 e. The number of aromatic nitrogens is 1. The second-order valence-corrected chi connectivity index (χ2v) is 6.40. The van der Waals surface area contributed by atoms with Crippen LogP contribution in [0.1, 0.15) is 17.2 Å². The Kier molecular flexibility index (Phi) is 5.66. The van der Waals surface area contributed by atoms with Crippen LogP contribution in [0.2, 0.25) is 0 Å². The summed E-state index contributed by atoms with van der Waals surface area (Å²) in [7, 11) is 5.06. The minimum Gasteiger partial charge on any atom is -0.493 e. The number of carbonyl (C=O) groups is 1. The van der Waals surface area contributed by atoms with Crippen LogP contribution in [0.5, 0.6) is 11.5 Å². The molecule has 1 unspecified atom stereocenters. The lowest BCUT2D eigenvalue weighted by atomic mass is 10.1. The van der Waals surface area contributed by atoms with Gasteiger partial charge in [0.05, 0.1) is 26.7 Å². The molecule has 1 aromatic heterocycles. The highest BCUT2D eigenvalue weighted by Gasteiger charge is 2.16. The highest BCUT2D eigenvalue weighted by Crippen LogP contribution is 2.28. The lowest BCUT2D eigenvalue weighted by molar-refractivity contribution is -0.120. The van der Waals surface area contributed by atoms with Crippen LogP contribution in [0.4, 0.5) is 0 Å². The summed E-state index contributed by atoms with van der Waals surface area (Å²) in [5, 5.41) is 14.3. The Morgan fingerprint density at radius 1 is 1.15 bits per heavy atom. The van der Waals surface area contributed by atoms with Crippen molar-refractivity contribution in [1.82, 2.24) is 9.88 Å². The van der Waals surface area contributed by atoms with Gasteiger partial charge in [0.25, 0.3) is 0 Å². The van der Waals surface area contributed by atoms with Crippen LogP contribution < -0.4 is 14.8 Å². The first-order valence-corrected chi connectivity index (χ1v) is 8.73. The van der Waals surface area contributed by atoms with Crippen LogP contribution in [0.3, 0.4) is 0 Å². The Bertz CT molecular complexity index is 949. The second-order valence-electron chi connectivity index (χ2n) is 6.40. The first kappa shape index (κ1) is 18.8. The molecular weight excluding hydrogens is 344 g/mol. The van der Waals surface area contributed by atoms with Crippen molar-refractivity contribution < 1.29 is 19.4 Å². The van der Waals surface area contributed by atoms with Crippen LogP contribution in [-0.2, 0) is 18.3 Å². The maximum Gasteiger partial charge on any atom is 0.224 e. The van der Waals surface area contributed by atoms with E-state index in [1.54, 1.807) is 26.4 Å². The third kappa shape index (κ3) is 4.06. The van der Waals surface area contributed by atoms with Gasteiger partial charge in [-0.1, -0.05) is 24.3 Å². The summed E-state index contributed by atoms with van der Waals surface area (Å²) in [5.41, 5.74) is 2.66. The van der Waals surface area contributed by atoms with Gasteiger partial charge >= 0.3 is 0 Å². The van der Waals surface area contributed by atoms with Crippen molar-refractivity contribution >= 4 is 16.8 Å². The number of nitrogens with one attached hydrogen (secondary N) is 1. The number of hydrogen-bond donors (Lipinski definition) is 2. The summed E-state index contributed by atoms with van der Waals surface area (Å²) in [6, 6.07) is 13.2. The van der Waals surface area contributed by atoms with Gasteiger partial charge in [0.2, 0.25) is 5.91 Å². The number of hydrogen-bond acceptors (Lipinski definition) is 4. The number of benzene rings is 2. The van der Waals surface area contributed by atoms with Gasteiger partial charge in [-0.25, -0.2) is 0 Å². The predicted molar refractivity (Wildman–Crippen MR) is 104 cm³/mol. The molecule has 0 bridgehead atoms. The van der Waals surface area contributed by atoms with Crippen LogP contribution in [0.25, 0.3) is 10.9 Å². The molecule has 2 aromatic carbocycles. The van der Waals surface area contributed by atoms with Crippen molar-refractivity contribution in [2.24, 2.45) is 7.05 Å². The number of rotatable bonds is 7. The Balaban J connectivity index is 1.63. The Hall–Kier alpha value is -2.99. The number of methoxy groups -OCH3 is 2. The second kappa shape index (κ2) is 8.14. The van der Waals surface area contributed by atoms with Crippen LogP contribution >= 0.6 is 0 Å². The van der Waals surface area contributed by atoms with Gasteiger partial charge < -0.3 is 24.5 Å². The molecular formula is C21H24N2O4. The van der Waals surface area contributed by atoms with Crippen LogP contribution in [0.15, 0.2) is 48.7 Å². The molecule has 0 saturated heterocycles. The minimum absolute atomic E-state index is 0.153. The van der Waals surface area contributed by atoms with Crippen LogP contribution in [0, 0.1) is 0 Å². The zero-order valence-corrected chi connectivity index (χ0v) is 15.7. The Labute approximate surface area is 158 Å². The molecule has 0 spiro atoms. The highest BCUT2D eigenvalue weighted by atomic mass is 16.5. The summed E-state index contributed by atoms with van der Waals surface area (Å²) >= 11 is 0. The summed E-state index contributed by atoms with van der Waals surface area (Å²) < 4.78 is 12.4. The molecule has 0 radical (unpaired) electrons. The van der Waals surface area contributed by atoms with E-state index in [1.807, 2.05) is 48.1 Å². The zero-order valence-electron chi connectivity index (χ0n) is 15.7. The maximum absolute atomic E-state index is 12.3. The molecule has 0 saturated carbocycles. The molecule has 1 heterocycles. The quantitative estimate of drug-likeness (QED) is 0.672. The summed E-state index contributed by atoms with van der Waals surface area (Å²) in [6.07, 6.45) is 1.32. The monoisotopic (exact) mass is 368 g/mol. The van der Waals surface area contributed by atoms with Gasteiger partial charge in [0.1, 0.15) is 0 Å². The van der Waals surface area contributed by atoms with Crippen LogP contribution in [-0.4, -0.2) is 36.3 Å². The Morgan fingerprint density at radius 2 is 1.89 bits per heavy atom. The SMILES string of the molecule is COc1ccc(CC(=O)NCC(O)c2cn(C)c3ccccc23)cc1OC. The lowest BCUT2D eigenvalue weighted by Gasteiger charge is -2.12. The fraction of sp³-hybridized carbons (Fsp3) is 0.286. The molecule has 3 rings (SSSR count). The summed E-state index contributed by atoms with van der Waals surface area (Å²) in [4.78, 5) is 12.3. The van der Waals surface area contributed by atoms with Gasteiger partial charge in [0, 0.05) is 36.3 Å². The van der Waals surface area contributed by atoms with E-state index in [-0.39, 0.29) is 18.9 Å². The third-order valence-corrected chi connectivity index (χ3v) is 4.59. The van der Waals surface area contributed by atoms with E-state index in [0.717, 1.165) is 22.0 Å². The minimum atomic E-state index is -0.773. The van der Waals surface area contributed by atoms with Gasteiger partial charge in [-0.3, -0.25) is 4.79 Å². The van der Waals surface area contributed by atoms with Crippen molar-refractivity contribution in [1.29, 1.82) is 0 Å². The van der Waals surface area contributed by atoms with Gasteiger partial charge in [-0.15, -0.1) is 0 Å². The standard InChI is InChI=1S/C21H24N2O4/c1-23-13-16(15-6-4-5-7-17(15)23)18(24)12-22-21(25)11-14-8-9-19(26-2)20(10-14)27-3/h4-10,13,18,24H,11-12H2,1-3H3,(H,22,25). The zero-order chi connectivity index (χ0) is 19.4. The van der Waals surface area contributed by atoms with E-state index >= 15 is 0 Å². The van der Waals surface area contributed by atoms with E-state index in [2.05, 4.69) is 5.32 Å². The average molecular weight is 368 g/mol. The number of aliphatic hydroxyl groups is 1. The predicted octanol–water partition coefficient (Wildman–Crippen LogP) is 2.59. The molecule has 142 valence electrons. The Morgan fingerprint density at radius 3 is 2.63 bits per heavy atom. The fourth-order valence-electron chi connectivity index (χ4n) is 3.20. The molecule has 27 heavy (non-hydrogen) atoms. The normalized spacial score (nSPS) is 12.0. The molecule has 6 heteroatoms. The van der Waals surface area contributed by atoms with Gasteiger partial charge in [0.15, 0.2) is 11.5 Å². The van der Waals surface area contributed by atoms with Crippen molar-refractivity contribution in [3.8, 4) is 11.5 Å². The third-order valence-electron chi connectivity index (χ3n) is 4.59. The van der Waals surface area contributed by atoms with E-state index in [1.165, 1.54) is 0 Å². The number of amides is 1. The van der Waals surface area contributed by atoms with E-state index < -0.39 is 6.10 Å². The van der Waals surface area contributed by atoms with Crippen molar-refractivity contribution in [3.63, 3.8) is 0 Å². The molecule has 3 aromatic rings. The molecule has 6 nitrogen and oxygen atoms in total. The molecule has 2 N–H and O–H groups in total. The van der Waals surface area contributed by atoms with Crippen molar-refractivity contribution in [2.75, 3.05) is 20.8 Å². The molecule has 0 fully saturated rings. The van der Waals surface area contributed by atoms with Gasteiger partial charge in [-0.2, -0.15) is 0 Å². The number of nitrogens with zero attached hydrogens (tertiary/aromatic N) is 1. The van der Waals surface area contributed by atoms with Crippen molar-refractivity contribution in [2.45, 2.75) is 12.5 Å². The number of fused-ring (bicyclic) bond motifs is 1. The average Bonchev–Trinajstić information content (AvgIpc) is 3.03. The van der Waals surface area contributed by atoms with E-state index in [9.17, 15) is 9.90 Å². The van der Waals surface area contributed by atoms with E-state index in [4.69, 9.17) is 9.47 Å². The molecule has 0 aliphatic rings. The number of para-hydroxylation sites is 1. The first-order valence-electron chi connectivity index (χ1n) is 8.73. The van der Waals surface area contributed by atoms with Gasteiger partial charge in [-0.05, 0) is 23.8 Å². The maximum atomic E-state index is 12.3. The number of aryl methyl sites for hydroxylation is 1. The molecule has 0 aliphatic carbocycles. The molecule has 1 amide bonds. The smallest absolute Gasteiger partial charge is 0.224 e. The number of carbonyl (C=O) groups excluding carboxylic acids is 1. The molecule has 1 atom stereocenters. The summed E-state index contributed by atoms with van der Waals surface area (Å²) in [5.74, 6) is 1.04. The summed E-state index contributed by atoms with van der Waals surface area (Å²) in [6.45, 7) is 0.153. The topological polar surface area (TPSA) is 72.7 Å². The van der Waals surface area contributed by atoms with Crippen molar-refractivity contribution in [3.05, 3.63) is 59.8 Å². The fourth-order valence-corrected chi connectivity index (χ4v) is 3.20. The van der Waals surface area contributed by atoms with E-state index in [0.29, 0.717) is 11.5 Å². The highest BCUT2D eigenvalue weighted by molar-refractivity contribution is 5.84. The molecule has 0 aliphatic heterocycles. The first-order chi connectivity index (χ1) is 13.0. The number of aliphatic hydroxyl groups excluding tert-OH is 1. The number of ether oxygens (including phenoxy) is 2. The lowest BCUT2D eigenvalue weighted by Crippen LogP contribution is -2.29.